The van der Waals surface area contributed by atoms with Gasteiger partial charge in [0, 0.05) is 5.56 Å². The van der Waals surface area contributed by atoms with Gasteiger partial charge >= 0.3 is 0 Å². The molecule has 1 aromatic carbocycles. The van der Waals surface area contributed by atoms with Crippen molar-refractivity contribution in [2.45, 2.75) is 6.92 Å². The quantitative estimate of drug-likeness (QED) is 0.494. The van der Waals surface area contributed by atoms with E-state index in [1.54, 1.807) is 6.92 Å². The minimum atomic E-state index is -0.546. The van der Waals surface area contributed by atoms with Gasteiger partial charge in [0.25, 0.3) is 0 Å². The Morgan fingerprint density at radius 2 is 2.23 bits per heavy atom. The Hall–Kier alpha value is -0.900. The Morgan fingerprint density at radius 3 is 2.77 bits per heavy atom. The minimum absolute atomic E-state index is 0.0728. The standard InChI is InChI=1S/C9H9BrFNO/c1-5-2-8(12)7(11)3-6(5)9(13)4-10/h2-3H,4,12H2,1H3. The molecular weight excluding hydrogens is 237 g/mol. The third-order valence-corrected chi connectivity index (χ3v) is 2.27. The maximum Gasteiger partial charge on any atom is 0.173 e. The van der Waals surface area contributed by atoms with Gasteiger partial charge in [0.1, 0.15) is 5.82 Å². The van der Waals surface area contributed by atoms with Gasteiger partial charge in [-0.1, -0.05) is 15.9 Å². The molecule has 0 radical (unpaired) electrons. The number of hydrogen-bond donors (Lipinski definition) is 1. The molecule has 0 aliphatic heterocycles. The van der Waals surface area contributed by atoms with Crippen LogP contribution in [0.2, 0.25) is 0 Å². The predicted octanol–water partition coefficient (Wildman–Crippen LogP) is 2.29. The highest BCUT2D eigenvalue weighted by atomic mass is 79.9. The van der Waals surface area contributed by atoms with Crippen LogP contribution in [0, 0.1) is 12.7 Å². The first-order chi connectivity index (χ1) is 6.06. The lowest BCUT2D eigenvalue weighted by Gasteiger charge is -2.04. The molecule has 0 saturated carbocycles. The summed E-state index contributed by atoms with van der Waals surface area (Å²) in [5.41, 5.74) is 6.48. The Kier molecular flexibility index (Phi) is 3.03. The lowest BCUT2D eigenvalue weighted by Crippen LogP contribution is -2.05. The number of hydrogen-bond acceptors (Lipinski definition) is 2. The molecule has 4 heteroatoms. The molecule has 2 nitrogen and oxygen atoms in total. The molecule has 70 valence electrons. The lowest BCUT2D eigenvalue weighted by atomic mass is 10.0. The molecule has 0 heterocycles. The number of carbonyl (C=O) groups is 1. The lowest BCUT2D eigenvalue weighted by molar-refractivity contribution is 0.102. The van der Waals surface area contributed by atoms with Gasteiger partial charge in [-0.05, 0) is 24.6 Å². The van der Waals surface area contributed by atoms with E-state index < -0.39 is 5.82 Å². The minimum Gasteiger partial charge on any atom is -0.396 e. The smallest absolute Gasteiger partial charge is 0.173 e. The maximum atomic E-state index is 13.0. The van der Waals surface area contributed by atoms with E-state index in [9.17, 15) is 9.18 Å². The fourth-order valence-electron chi connectivity index (χ4n) is 1.08. The average Bonchev–Trinajstić information content (AvgIpc) is 2.10. The Morgan fingerprint density at radius 1 is 1.62 bits per heavy atom. The Bertz CT molecular complexity index is 352. The van der Waals surface area contributed by atoms with Crippen molar-refractivity contribution in [1.29, 1.82) is 0 Å². The molecule has 0 aliphatic carbocycles. The van der Waals surface area contributed by atoms with Crippen LogP contribution in [0.4, 0.5) is 10.1 Å². The number of ketones is 1. The number of nitrogens with two attached hydrogens (primary N) is 1. The molecule has 0 spiro atoms. The first kappa shape index (κ1) is 10.2. The SMILES string of the molecule is Cc1cc(N)c(F)cc1C(=O)CBr. The second-order valence-electron chi connectivity index (χ2n) is 2.75. The van der Waals surface area contributed by atoms with Crippen molar-refractivity contribution in [3.8, 4) is 0 Å². The first-order valence-electron chi connectivity index (χ1n) is 3.71. The van der Waals surface area contributed by atoms with Crippen LogP contribution in [-0.4, -0.2) is 11.1 Å². The highest BCUT2D eigenvalue weighted by Crippen LogP contribution is 2.17. The number of Topliss-reactive ketones (excluding diaryl/α,β-unsaturated/α-hetero) is 1. The van der Waals surface area contributed by atoms with Crippen LogP contribution in [0.3, 0.4) is 0 Å². The summed E-state index contributed by atoms with van der Waals surface area (Å²) in [6, 6.07) is 2.64. The number of rotatable bonds is 2. The third-order valence-electron chi connectivity index (χ3n) is 1.77. The van der Waals surface area contributed by atoms with E-state index >= 15 is 0 Å². The van der Waals surface area contributed by atoms with E-state index in [2.05, 4.69) is 15.9 Å². The molecule has 0 unspecified atom stereocenters. The number of alkyl halides is 1. The summed E-state index contributed by atoms with van der Waals surface area (Å²) >= 11 is 3.03. The van der Waals surface area contributed by atoms with Crippen LogP contribution < -0.4 is 5.73 Å². The molecule has 1 rings (SSSR count). The van der Waals surface area contributed by atoms with E-state index in [1.165, 1.54) is 12.1 Å². The predicted molar refractivity (Wildman–Crippen MR) is 53.7 cm³/mol. The summed E-state index contributed by atoms with van der Waals surface area (Å²) < 4.78 is 13.0. The molecule has 0 aromatic heterocycles. The first-order valence-corrected chi connectivity index (χ1v) is 4.83. The number of aryl methyl sites for hydroxylation is 1. The molecule has 0 bridgehead atoms. The van der Waals surface area contributed by atoms with Gasteiger partial charge in [-0.2, -0.15) is 0 Å². The van der Waals surface area contributed by atoms with Crippen LogP contribution in [-0.2, 0) is 0 Å². The van der Waals surface area contributed by atoms with Crippen LogP contribution in [0.5, 0.6) is 0 Å². The van der Waals surface area contributed by atoms with Gasteiger partial charge in [-0.3, -0.25) is 4.79 Å². The second-order valence-corrected chi connectivity index (χ2v) is 3.31. The van der Waals surface area contributed by atoms with Crippen molar-refractivity contribution in [3.63, 3.8) is 0 Å². The second kappa shape index (κ2) is 3.87. The zero-order valence-corrected chi connectivity index (χ0v) is 8.69. The van der Waals surface area contributed by atoms with Crippen LogP contribution in [0.15, 0.2) is 12.1 Å². The molecule has 0 amide bonds. The third kappa shape index (κ3) is 2.06. The molecule has 2 N–H and O–H groups in total. The van der Waals surface area contributed by atoms with Crippen molar-refractivity contribution < 1.29 is 9.18 Å². The van der Waals surface area contributed by atoms with Crippen LogP contribution in [0.1, 0.15) is 15.9 Å². The molecule has 0 atom stereocenters. The zero-order valence-electron chi connectivity index (χ0n) is 7.10. The largest absolute Gasteiger partial charge is 0.396 e. The molecule has 0 fully saturated rings. The van der Waals surface area contributed by atoms with Gasteiger partial charge in [-0.15, -0.1) is 0 Å². The van der Waals surface area contributed by atoms with Crippen LogP contribution >= 0.6 is 15.9 Å². The van der Waals surface area contributed by atoms with Gasteiger partial charge < -0.3 is 5.73 Å². The summed E-state index contributed by atoms with van der Waals surface area (Å²) in [7, 11) is 0. The van der Waals surface area contributed by atoms with Gasteiger partial charge in [0.2, 0.25) is 0 Å². The molecule has 1 aromatic rings. The number of nitrogen functional groups attached to an aromatic ring is 1. The van der Waals surface area contributed by atoms with Gasteiger partial charge in [-0.25, -0.2) is 4.39 Å². The number of benzene rings is 1. The summed E-state index contributed by atoms with van der Waals surface area (Å²) in [6.45, 7) is 1.73. The van der Waals surface area contributed by atoms with E-state index in [0.717, 1.165) is 0 Å². The zero-order chi connectivity index (χ0) is 10.0. The van der Waals surface area contributed by atoms with Crippen molar-refractivity contribution in [2.75, 3.05) is 11.1 Å². The van der Waals surface area contributed by atoms with Crippen molar-refractivity contribution in [3.05, 3.63) is 29.1 Å². The highest BCUT2D eigenvalue weighted by Gasteiger charge is 2.10. The van der Waals surface area contributed by atoms with E-state index in [1.807, 2.05) is 0 Å². The summed E-state index contributed by atoms with van der Waals surface area (Å²) in [5, 5.41) is 0.192. The monoisotopic (exact) mass is 245 g/mol. The number of anilines is 1. The van der Waals surface area contributed by atoms with Crippen molar-refractivity contribution >= 4 is 27.4 Å². The summed E-state index contributed by atoms with van der Waals surface area (Å²) in [6.07, 6.45) is 0. The van der Waals surface area contributed by atoms with Crippen molar-refractivity contribution in [2.24, 2.45) is 0 Å². The van der Waals surface area contributed by atoms with Crippen LogP contribution in [0.25, 0.3) is 0 Å². The topological polar surface area (TPSA) is 43.1 Å². The normalized spacial score (nSPS) is 10.1. The van der Waals surface area contributed by atoms with Gasteiger partial charge in [0.15, 0.2) is 5.78 Å². The molecule has 0 aliphatic rings. The average molecular weight is 246 g/mol. The number of carbonyl (C=O) groups excluding carboxylic acids is 1. The fourth-order valence-corrected chi connectivity index (χ4v) is 1.38. The van der Waals surface area contributed by atoms with E-state index in [0.29, 0.717) is 11.1 Å². The highest BCUT2D eigenvalue weighted by molar-refractivity contribution is 9.09. The molecular formula is C9H9BrFNO. The maximum absolute atomic E-state index is 13.0. The van der Waals surface area contributed by atoms with Crippen molar-refractivity contribution in [1.82, 2.24) is 0 Å². The van der Waals surface area contributed by atoms with Gasteiger partial charge in [0.05, 0.1) is 11.0 Å². The molecule has 0 saturated heterocycles. The Balaban J connectivity index is 3.23. The molecule has 13 heavy (non-hydrogen) atoms. The van der Waals surface area contributed by atoms with E-state index in [4.69, 9.17) is 5.73 Å². The number of halogens is 2. The summed E-state index contributed by atoms with van der Waals surface area (Å²) in [4.78, 5) is 11.2. The Labute approximate surface area is 84.1 Å². The fraction of sp³-hybridized carbons (Fsp3) is 0.222. The summed E-state index contributed by atoms with van der Waals surface area (Å²) in [5.74, 6) is -0.689. The van der Waals surface area contributed by atoms with E-state index in [-0.39, 0.29) is 16.8 Å².